The molecule has 0 saturated carbocycles. The average Bonchev–Trinajstić information content (AvgIpc) is 2.69. The number of hydrogen-bond donors (Lipinski definition) is 2. The molecule has 1 fully saturated rings. The molecular weight excluding hydrogens is 382 g/mol. The standard InChI is InChI=1S/C15H12ClN2O2S.C5H11N/c1-8-12(15(19)20-2)13(10(7-17)14(21)18-8)9-5-3-4-6-11(9)16;1-2-4-6-5-3-1/h3-6,13H,1-2H3,(H,18,21);6H,1-5H2/q-1;/p+1. The smallest absolute Gasteiger partial charge is 0.336 e. The second-order valence-corrected chi connectivity index (χ2v) is 7.21. The Labute approximate surface area is 170 Å². The Hall–Kier alpha value is -1.98. The van der Waals surface area contributed by atoms with Crippen LogP contribution in [0.5, 0.6) is 0 Å². The lowest BCUT2D eigenvalue weighted by Gasteiger charge is -2.30. The first kappa shape index (κ1) is 21.3. The highest BCUT2D eigenvalue weighted by Gasteiger charge is 2.35. The zero-order chi connectivity index (χ0) is 19.8. The van der Waals surface area contributed by atoms with Crippen molar-refractivity contribution in [1.82, 2.24) is 5.32 Å². The fraction of sp³-hybridized carbons (Fsp3) is 0.400. The maximum atomic E-state index is 12.1. The molecule has 2 aliphatic heterocycles. The molecule has 5 nitrogen and oxygen atoms in total. The van der Waals surface area contributed by atoms with Crippen LogP contribution < -0.4 is 10.6 Å². The van der Waals surface area contributed by atoms with E-state index in [1.165, 1.54) is 39.5 Å². The van der Waals surface area contributed by atoms with E-state index >= 15 is 0 Å². The quantitative estimate of drug-likeness (QED) is 0.343. The van der Waals surface area contributed by atoms with Crippen molar-refractivity contribution in [3.63, 3.8) is 0 Å². The summed E-state index contributed by atoms with van der Waals surface area (Å²) < 4.78 is 4.83. The van der Waals surface area contributed by atoms with Gasteiger partial charge in [0.2, 0.25) is 0 Å². The van der Waals surface area contributed by atoms with Crippen LogP contribution in [-0.4, -0.2) is 37.0 Å². The third-order valence-electron chi connectivity index (χ3n) is 4.59. The predicted molar refractivity (Wildman–Crippen MR) is 112 cm³/mol. The van der Waals surface area contributed by atoms with Gasteiger partial charge in [0.15, 0.2) is 0 Å². The zero-order valence-electron chi connectivity index (χ0n) is 15.5. The average molecular weight is 406 g/mol. The summed E-state index contributed by atoms with van der Waals surface area (Å²) in [7, 11) is 1.30. The molecule has 3 N–H and O–H groups in total. The number of hydrogen-bond acceptors (Lipinski definition) is 3. The van der Waals surface area contributed by atoms with E-state index in [1.807, 2.05) is 0 Å². The normalized spacial score (nSPS) is 19.4. The summed E-state index contributed by atoms with van der Waals surface area (Å²) in [5, 5.41) is 15.1. The van der Waals surface area contributed by atoms with Gasteiger partial charge in [0.05, 0.1) is 31.7 Å². The number of ether oxygens (including phenoxy) is 1. The van der Waals surface area contributed by atoms with Gasteiger partial charge in [0, 0.05) is 16.3 Å². The highest BCUT2D eigenvalue weighted by Crippen LogP contribution is 2.39. The number of thiocarbonyl (C=S) groups is 1. The van der Waals surface area contributed by atoms with Crippen molar-refractivity contribution in [2.75, 3.05) is 20.2 Å². The maximum absolute atomic E-state index is 12.1. The van der Waals surface area contributed by atoms with Crippen LogP contribution >= 0.6 is 23.8 Å². The highest BCUT2D eigenvalue weighted by atomic mass is 35.5. The number of halogens is 1. The number of nitrogens with two attached hydrogens (primary N) is 1. The SMILES string of the molecule is C1CC[NH2+]CC1.COC(=O)C1=C(C)NC(=S)C(=C=[N-])C1c1ccccc1Cl. The monoisotopic (exact) mass is 405 g/mol. The van der Waals surface area contributed by atoms with Gasteiger partial charge in [-0.2, -0.15) is 0 Å². The Morgan fingerprint density at radius 2 is 2.00 bits per heavy atom. The minimum Gasteiger partial charge on any atom is -0.763 e. The lowest BCUT2D eigenvalue weighted by Crippen LogP contribution is -2.85. The van der Waals surface area contributed by atoms with E-state index in [9.17, 15) is 10.2 Å². The lowest BCUT2D eigenvalue weighted by molar-refractivity contribution is -0.662. The molecule has 0 aliphatic carbocycles. The Bertz CT molecular complexity index is 785. The third-order valence-corrected chi connectivity index (χ3v) is 5.25. The van der Waals surface area contributed by atoms with Crippen LogP contribution in [0.1, 0.15) is 37.7 Å². The van der Waals surface area contributed by atoms with Crippen molar-refractivity contribution in [2.24, 2.45) is 0 Å². The minimum atomic E-state index is -0.620. The summed E-state index contributed by atoms with van der Waals surface area (Å²) in [6, 6.07) is 7.06. The van der Waals surface area contributed by atoms with Gasteiger partial charge in [-0.25, -0.2) is 4.79 Å². The first-order valence-corrected chi connectivity index (χ1v) is 9.73. The van der Waals surface area contributed by atoms with Gasteiger partial charge in [0.25, 0.3) is 0 Å². The number of allylic oxidation sites excluding steroid dienone is 1. The van der Waals surface area contributed by atoms with Crippen molar-refractivity contribution in [2.45, 2.75) is 32.1 Å². The Morgan fingerprint density at radius 3 is 2.48 bits per heavy atom. The van der Waals surface area contributed by atoms with E-state index < -0.39 is 11.9 Å². The molecule has 0 spiro atoms. The molecule has 27 heavy (non-hydrogen) atoms. The van der Waals surface area contributed by atoms with Crippen molar-refractivity contribution < 1.29 is 14.8 Å². The summed E-state index contributed by atoms with van der Waals surface area (Å²) >= 11 is 11.4. The van der Waals surface area contributed by atoms with Gasteiger partial charge < -0.3 is 20.8 Å². The first-order chi connectivity index (χ1) is 13.0. The number of quaternary nitrogens is 1. The van der Waals surface area contributed by atoms with Crippen molar-refractivity contribution >= 4 is 40.6 Å². The molecule has 1 unspecified atom stereocenters. The van der Waals surface area contributed by atoms with Crippen LogP contribution in [0.25, 0.3) is 5.41 Å². The molecule has 3 rings (SSSR count). The van der Waals surface area contributed by atoms with Gasteiger partial charge in [-0.05, 0) is 37.8 Å². The van der Waals surface area contributed by atoms with Crippen LogP contribution in [-0.2, 0) is 9.53 Å². The maximum Gasteiger partial charge on any atom is 0.336 e. The molecular formula is C20H24ClN3O2S. The number of carbonyl (C=O) groups excluding carboxylic acids is 1. The molecule has 0 aromatic heterocycles. The summed E-state index contributed by atoms with van der Waals surface area (Å²) in [4.78, 5) is 12.4. The molecule has 7 heteroatoms. The van der Waals surface area contributed by atoms with E-state index in [1.54, 1.807) is 31.2 Å². The van der Waals surface area contributed by atoms with Gasteiger partial charge >= 0.3 is 5.97 Å². The van der Waals surface area contributed by atoms with E-state index in [2.05, 4.69) is 16.5 Å². The van der Waals surface area contributed by atoms with Gasteiger partial charge in [0.1, 0.15) is 4.99 Å². The molecule has 1 saturated heterocycles. The Kier molecular flexibility index (Phi) is 8.20. The van der Waals surface area contributed by atoms with Gasteiger partial charge in [-0.3, -0.25) is 5.87 Å². The van der Waals surface area contributed by atoms with Crippen LogP contribution in [0.2, 0.25) is 5.02 Å². The highest BCUT2D eigenvalue weighted by molar-refractivity contribution is 7.80. The Balaban J connectivity index is 0.000000369. The second kappa shape index (κ2) is 10.4. The van der Waals surface area contributed by atoms with Gasteiger partial charge in [-0.15, -0.1) is 0 Å². The summed E-state index contributed by atoms with van der Waals surface area (Å²) in [6.07, 6.45) is 4.36. The first-order valence-electron chi connectivity index (χ1n) is 8.94. The summed E-state index contributed by atoms with van der Waals surface area (Å²) in [5.41, 5.74) is 1.84. The van der Waals surface area contributed by atoms with Crippen molar-refractivity contribution in [3.05, 3.63) is 57.1 Å². The number of methoxy groups -OCH3 is 1. The molecule has 1 atom stereocenters. The van der Waals surface area contributed by atoms with Crippen LogP contribution in [0, 0.1) is 0 Å². The lowest BCUT2D eigenvalue weighted by atomic mass is 9.81. The van der Waals surface area contributed by atoms with E-state index in [-0.39, 0.29) is 5.57 Å². The molecule has 1 aromatic rings. The third kappa shape index (κ3) is 5.27. The summed E-state index contributed by atoms with van der Waals surface area (Å²) in [5.74, 6) is 0.937. The number of carbonyl (C=O) groups is 1. The largest absolute Gasteiger partial charge is 0.763 e. The number of piperidine rings is 1. The summed E-state index contributed by atoms with van der Waals surface area (Å²) in [6.45, 7) is 4.47. The van der Waals surface area contributed by atoms with Crippen LogP contribution in [0.3, 0.4) is 0 Å². The van der Waals surface area contributed by atoms with Crippen molar-refractivity contribution in [3.8, 4) is 0 Å². The molecule has 0 amide bonds. The molecule has 0 bridgehead atoms. The second-order valence-electron chi connectivity index (χ2n) is 6.39. The van der Waals surface area contributed by atoms with Crippen LogP contribution in [0.15, 0.2) is 41.1 Å². The minimum absolute atomic E-state index is 0.282. The molecule has 2 heterocycles. The molecule has 144 valence electrons. The number of nitrogens with one attached hydrogen (secondary N) is 1. The zero-order valence-corrected chi connectivity index (χ0v) is 17.1. The van der Waals surface area contributed by atoms with E-state index in [0.717, 1.165) is 0 Å². The number of esters is 1. The molecule has 0 radical (unpaired) electrons. The van der Waals surface area contributed by atoms with Crippen LogP contribution in [0.4, 0.5) is 0 Å². The topological polar surface area (TPSA) is 77.2 Å². The fourth-order valence-electron chi connectivity index (χ4n) is 3.21. The Morgan fingerprint density at radius 1 is 1.33 bits per heavy atom. The number of benzene rings is 1. The molecule has 2 aliphatic rings. The number of nitrogens with zero attached hydrogens (tertiary/aromatic N) is 1. The van der Waals surface area contributed by atoms with Gasteiger partial charge in [-0.1, -0.05) is 42.0 Å². The van der Waals surface area contributed by atoms with E-state index in [4.69, 9.17) is 28.6 Å². The van der Waals surface area contributed by atoms with E-state index in [0.29, 0.717) is 26.8 Å². The fourth-order valence-corrected chi connectivity index (χ4v) is 3.77. The molecule has 1 aromatic carbocycles. The predicted octanol–water partition coefficient (Wildman–Crippen LogP) is 2.70. The number of rotatable bonds is 2. The van der Waals surface area contributed by atoms with Crippen molar-refractivity contribution in [1.29, 1.82) is 0 Å².